The molecule has 26 heavy (non-hydrogen) atoms. The van der Waals surface area contributed by atoms with Crippen molar-refractivity contribution in [3.63, 3.8) is 0 Å². The summed E-state index contributed by atoms with van der Waals surface area (Å²) in [7, 11) is 0. The van der Waals surface area contributed by atoms with Gasteiger partial charge in [-0.3, -0.25) is 14.2 Å². The first-order chi connectivity index (χ1) is 12.3. The average molecular weight is 369 g/mol. The molecule has 2 heterocycles. The molecule has 1 N–H and O–H groups in total. The number of carbonyl (C=O) groups is 1. The van der Waals surface area contributed by atoms with E-state index in [0.717, 1.165) is 31.1 Å². The Morgan fingerprint density at radius 2 is 2.12 bits per heavy atom. The van der Waals surface area contributed by atoms with Gasteiger partial charge in [0.15, 0.2) is 5.69 Å². The predicted octanol–water partition coefficient (Wildman–Crippen LogP) is 3.26. The number of carbonyl (C=O) groups excluding carboxylic acids is 1. The van der Waals surface area contributed by atoms with Crippen LogP contribution in [0.3, 0.4) is 0 Å². The van der Waals surface area contributed by atoms with E-state index in [4.69, 9.17) is 0 Å². The molecule has 3 rings (SSSR count). The largest absolute Gasteiger partial charge is 0.435 e. The summed E-state index contributed by atoms with van der Waals surface area (Å²) in [6.07, 6.45) is -0.831. The second-order valence-corrected chi connectivity index (χ2v) is 6.59. The third-order valence-corrected chi connectivity index (χ3v) is 4.45. The number of nitrogens with one attached hydrogen (secondary N) is 1. The Morgan fingerprint density at radius 1 is 1.38 bits per heavy atom. The van der Waals surface area contributed by atoms with Gasteiger partial charge in [0.05, 0.1) is 11.7 Å². The van der Waals surface area contributed by atoms with Gasteiger partial charge in [0, 0.05) is 37.3 Å². The number of halogens is 3. The third kappa shape index (κ3) is 4.25. The zero-order chi connectivity index (χ0) is 18.9. The molecule has 1 fully saturated rings. The smallest absolute Gasteiger partial charge is 0.348 e. The Kier molecular flexibility index (Phi) is 5.06. The van der Waals surface area contributed by atoms with Crippen LogP contribution >= 0.6 is 0 Å². The van der Waals surface area contributed by atoms with Gasteiger partial charge in [0.25, 0.3) is 0 Å². The molecule has 2 aromatic heterocycles. The predicted molar refractivity (Wildman–Crippen MR) is 88.3 cm³/mol. The van der Waals surface area contributed by atoms with E-state index in [-0.39, 0.29) is 30.8 Å². The van der Waals surface area contributed by atoms with E-state index in [9.17, 15) is 18.0 Å². The van der Waals surface area contributed by atoms with Gasteiger partial charge in [-0.2, -0.15) is 23.4 Å². The molecule has 0 aromatic carbocycles. The lowest BCUT2D eigenvalue weighted by Gasteiger charge is -2.12. The van der Waals surface area contributed by atoms with E-state index >= 15 is 0 Å². The topological polar surface area (TPSA) is 64.7 Å². The summed E-state index contributed by atoms with van der Waals surface area (Å²) in [6, 6.07) is 2.68. The van der Waals surface area contributed by atoms with Crippen molar-refractivity contribution in [2.45, 2.75) is 64.3 Å². The van der Waals surface area contributed by atoms with Gasteiger partial charge < -0.3 is 5.32 Å². The van der Waals surface area contributed by atoms with Crippen LogP contribution in [-0.4, -0.2) is 25.5 Å². The van der Waals surface area contributed by atoms with Gasteiger partial charge in [-0.05, 0) is 38.8 Å². The van der Waals surface area contributed by atoms with E-state index < -0.39 is 11.9 Å². The molecule has 0 aliphatic heterocycles. The van der Waals surface area contributed by atoms with Crippen molar-refractivity contribution in [1.29, 1.82) is 0 Å². The molecule has 1 aliphatic carbocycles. The molecule has 142 valence electrons. The zero-order valence-electron chi connectivity index (χ0n) is 14.8. The highest BCUT2D eigenvalue weighted by atomic mass is 19.4. The SMILES string of the molecule is CCn1ccc(C(C)NC(=O)CCn2nc(C(F)(F)F)cc2C2CC2)n1. The van der Waals surface area contributed by atoms with Gasteiger partial charge in [0.2, 0.25) is 5.91 Å². The Labute approximate surface area is 149 Å². The van der Waals surface area contributed by atoms with Crippen molar-refractivity contribution >= 4 is 5.91 Å². The highest BCUT2D eigenvalue weighted by Crippen LogP contribution is 2.42. The summed E-state index contributed by atoms with van der Waals surface area (Å²) in [4.78, 5) is 12.2. The molecule has 1 atom stereocenters. The zero-order valence-corrected chi connectivity index (χ0v) is 14.8. The maximum atomic E-state index is 12.9. The highest BCUT2D eigenvalue weighted by Gasteiger charge is 2.37. The van der Waals surface area contributed by atoms with Gasteiger partial charge in [-0.25, -0.2) is 0 Å². The fraction of sp³-hybridized carbons (Fsp3) is 0.588. The van der Waals surface area contributed by atoms with Crippen LogP contribution in [0.5, 0.6) is 0 Å². The summed E-state index contributed by atoms with van der Waals surface area (Å²) in [5.41, 5.74) is 0.426. The van der Waals surface area contributed by atoms with Gasteiger partial charge in [0.1, 0.15) is 0 Å². The minimum Gasteiger partial charge on any atom is -0.348 e. The molecule has 0 radical (unpaired) electrons. The van der Waals surface area contributed by atoms with Crippen molar-refractivity contribution < 1.29 is 18.0 Å². The van der Waals surface area contributed by atoms with Crippen LogP contribution in [-0.2, 0) is 24.1 Å². The summed E-state index contributed by atoms with van der Waals surface area (Å²) in [5, 5.41) is 10.8. The fourth-order valence-corrected chi connectivity index (χ4v) is 2.84. The van der Waals surface area contributed by atoms with Crippen molar-refractivity contribution in [3.8, 4) is 0 Å². The van der Waals surface area contributed by atoms with Crippen LogP contribution < -0.4 is 5.32 Å². The summed E-state index contributed by atoms with van der Waals surface area (Å²) in [6.45, 7) is 4.66. The number of nitrogens with zero attached hydrogens (tertiary/aromatic N) is 4. The van der Waals surface area contributed by atoms with Crippen LogP contribution in [0, 0.1) is 0 Å². The molecule has 0 saturated heterocycles. The number of hydrogen-bond acceptors (Lipinski definition) is 3. The molecule has 0 bridgehead atoms. The number of aromatic nitrogens is 4. The Bertz CT molecular complexity index is 776. The third-order valence-electron chi connectivity index (χ3n) is 4.45. The van der Waals surface area contributed by atoms with Crippen LogP contribution in [0.1, 0.15) is 62.2 Å². The van der Waals surface area contributed by atoms with Crippen molar-refractivity contribution in [1.82, 2.24) is 24.9 Å². The maximum Gasteiger partial charge on any atom is 0.435 e. The minimum absolute atomic E-state index is 0.0670. The maximum absolute atomic E-state index is 12.9. The first-order valence-electron chi connectivity index (χ1n) is 8.75. The van der Waals surface area contributed by atoms with E-state index in [1.165, 1.54) is 4.68 Å². The van der Waals surface area contributed by atoms with E-state index in [2.05, 4.69) is 15.5 Å². The van der Waals surface area contributed by atoms with Crippen LogP contribution in [0.2, 0.25) is 0 Å². The number of aryl methyl sites for hydroxylation is 2. The van der Waals surface area contributed by atoms with Crippen molar-refractivity contribution in [2.75, 3.05) is 0 Å². The molecular formula is C17H22F3N5O. The minimum atomic E-state index is -4.47. The number of amides is 1. The second-order valence-electron chi connectivity index (χ2n) is 6.59. The van der Waals surface area contributed by atoms with Gasteiger partial charge in [-0.15, -0.1) is 0 Å². The monoisotopic (exact) mass is 369 g/mol. The first kappa shape index (κ1) is 18.5. The van der Waals surface area contributed by atoms with E-state index in [1.807, 2.05) is 26.1 Å². The standard InChI is InChI=1S/C17H22F3N5O/c1-3-24-8-6-13(22-24)11(2)21-16(26)7-9-25-14(12-4-5-12)10-15(23-25)17(18,19)20/h6,8,10-12H,3-5,7,9H2,1-2H3,(H,21,26). The van der Waals surface area contributed by atoms with Crippen LogP contribution in [0.15, 0.2) is 18.3 Å². The quantitative estimate of drug-likeness (QED) is 0.815. The molecule has 1 aliphatic rings. The molecule has 9 heteroatoms. The lowest BCUT2D eigenvalue weighted by Crippen LogP contribution is -2.28. The van der Waals surface area contributed by atoms with Gasteiger partial charge >= 0.3 is 6.18 Å². The fourth-order valence-electron chi connectivity index (χ4n) is 2.84. The normalized spacial score (nSPS) is 15.9. The van der Waals surface area contributed by atoms with Crippen LogP contribution in [0.25, 0.3) is 0 Å². The second kappa shape index (κ2) is 7.13. The molecular weight excluding hydrogens is 347 g/mol. The van der Waals surface area contributed by atoms with Crippen molar-refractivity contribution in [3.05, 3.63) is 35.4 Å². The van der Waals surface area contributed by atoms with Gasteiger partial charge in [-0.1, -0.05) is 0 Å². The number of hydrogen-bond donors (Lipinski definition) is 1. The first-order valence-corrected chi connectivity index (χ1v) is 8.75. The number of rotatable bonds is 7. The molecule has 1 amide bonds. The van der Waals surface area contributed by atoms with Crippen LogP contribution in [0.4, 0.5) is 13.2 Å². The molecule has 2 aromatic rings. The lowest BCUT2D eigenvalue weighted by molar-refractivity contribution is -0.141. The van der Waals surface area contributed by atoms with E-state index in [1.54, 1.807) is 4.68 Å². The Morgan fingerprint density at radius 3 is 2.69 bits per heavy atom. The molecule has 1 unspecified atom stereocenters. The summed E-state index contributed by atoms with van der Waals surface area (Å²) >= 11 is 0. The molecule has 1 saturated carbocycles. The lowest BCUT2D eigenvalue weighted by atomic mass is 10.2. The summed E-state index contributed by atoms with van der Waals surface area (Å²) < 4.78 is 41.8. The Hall–Kier alpha value is -2.32. The highest BCUT2D eigenvalue weighted by molar-refractivity contribution is 5.76. The summed E-state index contributed by atoms with van der Waals surface area (Å²) in [5.74, 6) is -0.118. The molecule has 6 nitrogen and oxygen atoms in total. The average Bonchev–Trinajstić information content (AvgIpc) is 3.13. The van der Waals surface area contributed by atoms with E-state index in [0.29, 0.717) is 5.69 Å². The number of alkyl halides is 3. The molecule has 0 spiro atoms. The Balaban J connectivity index is 1.59. The van der Waals surface area contributed by atoms with Crippen molar-refractivity contribution in [2.24, 2.45) is 0 Å².